The number of nitrogens with zero attached hydrogens (tertiary/aromatic N) is 3. The fraction of sp³-hybridized carbons (Fsp3) is 0.238. The number of amides is 1. The van der Waals surface area contributed by atoms with Gasteiger partial charge in [-0.05, 0) is 37.6 Å². The summed E-state index contributed by atoms with van der Waals surface area (Å²) >= 11 is 1.61. The smallest absolute Gasteiger partial charge is 0.408 e. The van der Waals surface area contributed by atoms with Gasteiger partial charge < -0.3 is 9.73 Å². The van der Waals surface area contributed by atoms with E-state index in [0.29, 0.717) is 17.6 Å². The summed E-state index contributed by atoms with van der Waals surface area (Å²) in [7, 11) is 0. The molecule has 7 nitrogen and oxygen atoms in total. The molecule has 3 aromatic heterocycles. The number of pyridine rings is 1. The van der Waals surface area contributed by atoms with E-state index in [2.05, 4.69) is 15.3 Å². The van der Waals surface area contributed by atoms with Gasteiger partial charge in [0.1, 0.15) is 6.04 Å². The third-order valence-corrected chi connectivity index (χ3v) is 5.59. The lowest BCUT2D eigenvalue weighted by Gasteiger charge is -2.13. The van der Waals surface area contributed by atoms with Crippen LogP contribution in [0.3, 0.4) is 0 Å². The lowest BCUT2D eigenvalue weighted by molar-refractivity contribution is -0.123. The van der Waals surface area contributed by atoms with Crippen molar-refractivity contribution < 1.29 is 9.21 Å². The molecule has 0 aliphatic rings. The van der Waals surface area contributed by atoms with Gasteiger partial charge in [0.15, 0.2) is 5.58 Å². The molecule has 0 aliphatic carbocycles. The quantitative estimate of drug-likeness (QED) is 0.473. The van der Waals surface area contributed by atoms with Crippen LogP contribution in [0.5, 0.6) is 0 Å². The average Bonchev–Trinajstić information content (AvgIpc) is 3.35. The van der Waals surface area contributed by atoms with Gasteiger partial charge in [0.25, 0.3) is 0 Å². The van der Waals surface area contributed by atoms with Crippen molar-refractivity contribution in [3.8, 4) is 11.3 Å². The first-order chi connectivity index (χ1) is 14.1. The predicted octanol–water partition coefficient (Wildman–Crippen LogP) is 3.42. The van der Waals surface area contributed by atoms with Crippen LogP contribution in [0.25, 0.3) is 22.4 Å². The number of aryl methyl sites for hydroxylation is 1. The first-order valence-corrected chi connectivity index (χ1v) is 10.2. The SMILES string of the molecule is CC(C(=O)NCCCc1nc(-c2ccncc2)cs1)n1c(=O)oc2ccccc21. The number of carbonyl (C=O) groups excluding carboxylic acids is 1. The Balaban J connectivity index is 1.32. The number of rotatable bonds is 7. The molecule has 1 unspecified atom stereocenters. The lowest BCUT2D eigenvalue weighted by Crippen LogP contribution is -2.35. The van der Waals surface area contributed by atoms with Crippen LogP contribution in [0.4, 0.5) is 0 Å². The molecular weight excluding hydrogens is 388 g/mol. The minimum Gasteiger partial charge on any atom is -0.408 e. The van der Waals surface area contributed by atoms with E-state index in [-0.39, 0.29) is 5.91 Å². The zero-order valence-electron chi connectivity index (χ0n) is 15.9. The Morgan fingerprint density at radius 2 is 2.03 bits per heavy atom. The predicted molar refractivity (Wildman–Crippen MR) is 112 cm³/mol. The summed E-state index contributed by atoms with van der Waals surface area (Å²) in [6.45, 7) is 2.21. The summed E-state index contributed by atoms with van der Waals surface area (Å²) in [5, 5.41) is 5.95. The first-order valence-electron chi connectivity index (χ1n) is 9.36. The maximum absolute atomic E-state index is 12.5. The maximum Gasteiger partial charge on any atom is 0.420 e. The Hall–Kier alpha value is -3.26. The molecule has 4 rings (SSSR count). The summed E-state index contributed by atoms with van der Waals surface area (Å²) in [5.74, 6) is -0.740. The van der Waals surface area contributed by atoms with Gasteiger partial charge in [-0.3, -0.25) is 14.3 Å². The van der Waals surface area contributed by atoms with Crippen molar-refractivity contribution in [1.29, 1.82) is 0 Å². The molecule has 3 heterocycles. The molecule has 29 heavy (non-hydrogen) atoms. The number of hydrogen-bond donors (Lipinski definition) is 1. The number of thiazole rings is 1. The Morgan fingerprint density at radius 3 is 2.86 bits per heavy atom. The summed E-state index contributed by atoms with van der Waals surface area (Å²) in [4.78, 5) is 33.3. The van der Waals surface area contributed by atoms with E-state index in [1.165, 1.54) is 4.57 Å². The number of oxazole rings is 1. The number of benzene rings is 1. The lowest BCUT2D eigenvalue weighted by atomic mass is 10.2. The van der Waals surface area contributed by atoms with Gasteiger partial charge in [0.2, 0.25) is 5.91 Å². The normalized spacial score (nSPS) is 12.2. The highest BCUT2D eigenvalue weighted by molar-refractivity contribution is 7.09. The first kappa shape index (κ1) is 19.1. The van der Waals surface area contributed by atoms with Gasteiger partial charge in [-0.2, -0.15) is 0 Å². The number of hydrogen-bond acceptors (Lipinski definition) is 6. The van der Waals surface area contributed by atoms with Crippen LogP contribution in [-0.4, -0.2) is 27.0 Å². The third kappa shape index (κ3) is 4.12. The van der Waals surface area contributed by atoms with Crippen LogP contribution in [0.15, 0.2) is 63.4 Å². The van der Waals surface area contributed by atoms with Crippen LogP contribution in [0.2, 0.25) is 0 Å². The number of para-hydroxylation sites is 2. The molecule has 1 atom stereocenters. The van der Waals surface area contributed by atoms with Crippen molar-refractivity contribution in [3.05, 3.63) is 69.7 Å². The van der Waals surface area contributed by atoms with Gasteiger partial charge in [-0.25, -0.2) is 9.78 Å². The molecule has 8 heteroatoms. The molecule has 1 N–H and O–H groups in total. The molecular formula is C21H20N4O3S. The zero-order valence-corrected chi connectivity index (χ0v) is 16.7. The van der Waals surface area contributed by atoms with E-state index >= 15 is 0 Å². The van der Waals surface area contributed by atoms with E-state index in [4.69, 9.17) is 4.42 Å². The van der Waals surface area contributed by atoms with E-state index in [9.17, 15) is 9.59 Å². The summed E-state index contributed by atoms with van der Waals surface area (Å²) in [6, 6.07) is 10.3. The molecule has 4 aromatic rings. The summed E-state index contributed by atoms with van der Waals surface area (Å²) in [5.41, 5.74) is 3.08. The van der Waals surface area contributed by atoms with Crippen molar-refractivity contribution in [3.63, 3.8) is 0 Å². The van der Waals surface area contributed by atoms with Crippen LogP contribution < -0.4 is 11.1 Å². The molecule has 0 saturated heterocycles. The summed E-state index contributed by atoms with van der Waals surface area (Å²) in [6.07, 6.45) is 5.04. The van der Waals surface area contributed by atoms with Crippen molar-refractivity contribution >= 4 is 28.3 Å². The van der Waals surface area contributed by atoms with Gasteiger partial charge in [0.05, 0.1) is 16.2 Å². The highest BCUT2D eigenvalue weighted by atomic mass is 32.1. The topological polar surface area (TPSA) is 90.0 Å². The third-order valence-electron chi connectivity index (χ3n) is 4.68. The fourth-order valence-corrected chi connectivity index (χ4v) is 4.00. The Kier molecular flexibility index (Phi) is 5.53. The van der Waals surface area contributed by atoms with E-state index in [1.807, 2.05) is 23.6 Å². The molecule has 148 valence electrons. The van der Waals surface area contributed by atoms with Gasteiger partial charge >= 0.3 is 5.76 Å². The molecule has 0 spiro atoms. The molecule has 1 aromatic carbocycles. The second kappa shape index (κ2) is 8.40. The second-order valence-electron chi connectivity index (χ2n) is 6.64. The van der Waals surface area contributed by atoms with E-state index < -0.39 is 11.8 Å². The number of fused-ring (bicyclic) bond motifs is 1. The molecule has 0 aliphatic heterocycles. The summed E-state index contributed by atoms with van der Waals surface area (Å²) < 4.78 is 6.59. The van der Waals surface area contributed by atoms with E-state index in [1.54, 1.807) is 48.9 Å². The molecule has 1 amide bonds. The van der Waals surface area contributed by atoms with E-state index in [0.717, 1.165) is 29.1 Å². The minimum absolute atomic E-state index is 0.213. The zero-order chi connectivity index (χ0) is 20.2. The van der Waals surface area contributed by atoms with Crippen molar-refractivity contribution in [2.45, 2.75) is 25.8 Å². The standard InChI is InChI=1S/C21H20N4O3S/c1-14(25-17-5-2-3-6-18(17)28-21(25)27)20(26)23-10-4-7-19-24-16(13-29-19)15-8-11-22-12-9-15/h2-3,5-6,8-9,11-14H,4,7,10H2,1H3,(H,23,26). The molecule has 0 saturated carbocycles. The van der Waals surface area contributed by atoms with Crippen molar-refractivity contribution in [2.24, 2.45) is 0 Å². The monoisotopic (exact) mass is 408 g/mol. The molecule has 0 bridgehead atoms. The highest BCUT2D eigenvalue weighted by Crippen LogP contribution is 2.22. The van der Waals surface area contributed by atoms with Crippen molar-refractivity contribution in [1.82, 2.24) is 19.9 Å². The van der Waals surface area contributed by atoms with Crippen LogP contribution in [0.1, 0.15) is 24.4 Å². The van der Waals surface area contributed by atoms with Crippen molar-refractivity contribution in [2.75, 3.05) is 6.54 Å². The number of aromatic nitrogens is 3. The Morgan fingerprint density at radius 1 is 1.24 bits per heavy atom. The minimum atomic E-state index is -0.649. The fourth-order valence-electron chi connectivity index (χ4n) is 3.15. The Bertz CT molecular complexity index is 1180. The number of carbonyl (C=O) groups is 1. The molecule has 0 fully saturated rings. The Labute approximate surface area is 171 Å². The van der Waals surface area contributed by atoms with Crippen LogP contribution >= 0.6 is 11.3 Å². The van der Waals surface area contributed by atoms with Crippen LogP contribution in [0, 0.1) is 0 Å². The largest absolute Gasteiger partial charge is 0.420 e. The number of nitrogens with one attached hydrogen (secondary N) is 1. The molecule has 0 radical (unpaired) electrons. The second-order valence-corrected chi connectivity index (χ2v) is 7.58. The van der Waals surface area contributed by atoms with Gasteiger partial charge in [-0.1, -0.05) is 12.1 Å². The maximum atomic E-state index is 12.5. The van der Waals surface area contributed by atoms with Crippen LogP contribution in [-0.2, 0) is 11.2 Å². The van der Waals surface area contributed by atoms with Gasteiger partial charge in [-0.15, -0.1) is 11.3 Å². The average molecular weight is 408 g/mol. The highest BCUT2D eigenvalue weighted by Gasteiger charge is 2.20. The van der Waals surface area contributed by atoms with Gasteiger partial charge in [0, 0.05) is 36.3 Å².